The van der Waals surface area contributed by atoms with Gasteiger partial charge in [-0.05, 0) is 24.6 Å². The zero-order chi connectivity index (χ0) is 16.6. The van der Waals surface area contributed by atoms with Gasteiger partial charge in [0.1, 0.15) is 11.6 Å². The van der Waals surface area contributed by atoms with Crippen LogP contribution in [0.2, 0.25) is 0 Å². The number of nitriles is 1. The largest absolute Gasteiger partial charge is 0.396 e. The SMILES string of the molecule is N#C/C(=C/NCCCO)C(=O)Nc1cccc(S(=O)(=O)O)c1. The minimum Gasteiger partial charge on any atom is -0.396 e. The van der Waals surface area contributed by atoms with Crippen LogP contribution < -0.4 is 10.6 Å². The van der Waals surface area contributed by atoms with Gasteiger partial charge in [0.25, 0.3) is 16.0 Å². The number of nitrogens with one attached hydrogen (secondary N) is 2. The fraction of sp³-hybridized carbons (Fsp3) is 0.231. The number of hydrogen-bond acceptors (Lipinski definition) is 6. The zero-order valence-electron chi connectivity index (χ0n) is 11.5. The van der Waals surface area contributed by atoms with Gasteiger partial charge in [-0.15, -0.1) is 0 Å². The molecule has 0 bridgehead atoms. The van der Waals surface area contributed by atoms with E-state index in [1.54, 1.807) is 6.07 Å². The lowest BCUT2D eigenvalue weighted by atomic mass is 10.2. The second kappa shape index (κ2) is 8.14. The minimum atomic E-state index is -4.37. The number of carbonyl (C=O) groups is 1. The van der Waals surface area contributed by atoms with Crippen molar-refractivity contribution in [2.45, 2.75) is 11.3 Å². The fourth-order valence-electron chi connectivity index (χ4n) is 1.44. The monoisotopic (exact) mass is 325 g/mol. The summed E-state index contributed by atoms with van der Waals surface area (Å²) in [6.07, 6.45) is 1.67. The van der Waals surface area contributed by atoms with E-state index in [1.807, 2.05) is 0 Å². The molecule has 22 heavy (non-hydrogen) atoms. The van der Waals surface area contributed by atoms with Crippen molar-refractivity contribution in [3.8, 4) is 6.07 Å². The van der Waals surface area contributed by atoms with Crippen molar-refractivity contribution >= 4 is 21.7 Å². The second-order valence-corrected chi connectivity index (χ2v) is 5.58. The first-order valence-electron chi connectivity index (χ1n) is 6.22. The molecule has 0 atom stereocenters. The van der Waals surface area contributed by atoms with Crippen LogP contribution >= 0.6 is 0 Å². The number of aliphatic hydroxyl groups is 1. The van der Waals surface area contributed by atoms with Crippen molar-refractivity contribution in [1.29, 1.82) is 5.26 Å². The van der Waals surface area contributed by atoms with E-state index in [1.165, 1.54) is 24.4 Å². The predicted octanol–water partition coefficient (Wildman–Crippen LogP) is 0.251. The second-order valence-electron chi connectivity index (χ2n) is 4.16. The molecule has 0 aliphatic heterocycles. The van der Waals surface area contributed by atoms with Gasteiger partial charge in [-0.3, -0.25) is 9.35 Å². The molecule has 9 heteroatoms. The summed E-state index contributed by atoms with van der Waals surface area (Å²) in [5, 5.41) is 22.6. The Morgan fingerprint density at radius 3 is 2.73 bits per heavy atom. The lowest BCUT2D eigenvalue weighted by Crippen LogP contribution is -2.17. The van der Waals surface area contributed by atoms with E-state index in [0.29, 0.717) is 13.0 Å². The lowest BCUT2D eigenvalue weighted by molar-refractivity contribution is -0.112. The van der Waals surface area contributed by atoms with Crippen molar-refractivity contribution in [2.24, 2.45) is 0 Å². The fourth-order valence-corrected chi connectivity index (χ4v) is 1.96. The molecule has 0 radical (unpaired) electrons. The van der Waals surface area contributed by atoms with E-state index in [0.717, 1.165) is 6.07 Å². The van der Waals surface area contributed by atoms with E-state index in [9.17, 15) is 13.2 Å². The molecule has 0 unspecified atom stereocenters. The topological polar surface area (TPSA) is 140 Å². The number of amides is 1. The standard InChI is InChI=1S/C13H15N3O5S/c14-8-10(9-15-5-2-6-17)13(18)16-11-3-1-4-12(7-11)22(19,20)21/h1,3-4,7,9,15,17H,2,5-6H2,(H,16,18)(H,19,20,21)/b10-9-. The van der Waals surface area contributed by atoms with Crippen LogP contribution in [0.1, 0.15) is 6.42 Å². The molecule has 1 amide bonds. The lowest BCUT2D eigenvalue weighted by Gasteiger charge is -2.06. The summed E-state index contributed by atoms with van der Waals surface area (Å²) in [7, 11) is -4.37. The van der Waals surface area contributed by atoms with Crippen LogP contribution in [-0.2, 0) is 14.9 Å². The Bertz CT molecular complexity index is 707. The molecule has 4 N–H and O–H groups in total. The van der Waals surface area contributed by atoms with Crippen molar-refractivity contribution in [2.75, 3.05) is 18.5 Å². The van der Waals surface area contributed by atoms with Gasteiger partial charge in [0.15, 0.2) is 0 Å². The quantitative estimate of drug-likeness (QED) is 0.244. The van der Waals surface area contributed by atoms with Crippen molar-refractivity contribution < 1.29 is 22.9 Å². The summed E-state index contributed by atoms with van der Waals surface area (Å²) < 4.78 is 31.0. The number of carbonyl (C=O) groups excluding carboxylic acids is 1. The van der Waals surface area contributed by atoms with E-state index in [4.69, 9.17) is 14.9 Å². The maximum Gasteiger partial charge on any atom is 0.294 e. The highest BCUT2D eigenvalue weighted by Crippen LogP contribution is 2.15. The third kappa shape index (κ3) is 5.53. The Morgan fingerprint density at radius 1 is 1.41 bits per heavy atom. The summed E-state index contributed by atoms with van der Waals surface area (Å²) in [6.45, 7) is 0.380. The Morgan fingerprint density at radius 2 is 2.14 bits per heavy atom. The van der Waals surface area contributed by atoms with E-state index in [2.05, 4.69) is 10.6 Å². The molecule has 0 spiro atoms. The summed E-state index contributed by atoms with van der Waals surface area (Å²) in [4.78, 5) is 11.5. The number of hydrogen-bond donors (Lipinski definition) is 4. The van der Waals surface area contributed by atoms with Gasteiger partial charge in [-0.2, -0.15) is 13.7 Å². The first kappa shape index (κ1) is 17.6. The first-order valence-corrected chi connectivity index (χ1v) is 7.66. The Labute approximate surface area is 127 Å². The molecular formula is C13H15N3O5S. The van der Waals surface area contributed by atoms with Crippen LogP contribution in [0.15, 0.2) is 40.9 Å². The third-order valence-corrected chi connectivity index (χ3v) is 3.33. The molecule has 0 fully saturated rings. The van der Waals surface area contributed by atoms with Crippen molar-refractivity contribution in [1.82, 2.24) is 5.32 Å². The van der Waals surface area contributed by atoms with Gasteiger partial charge in [-0.1, -0.05) is 6.07 Å². The molecular weight excluding hydrogens is 310 g/mol. The number of rotatable bonds is 7. The summed E-state index contributed by atoms with van der Waals surface area (Å²) in [6, 6.07) is 6.70. The van der Waals surface area contributed by atoms with Crippen LogP contribution in [0.5, 0.6) is 0 Å². The van der Waals surface area contributed by atoms with Gasteiger partial charge >= 0.3 is 0 Å². The molecule has 0 aliphatic carbocycles. The highest BCUT2D eigenvalue weighted by molar-refractivity contribution is 7.85. The number of aliphatic hydroxyl groups excluding tert-OH is 1. The Hall–Kier alpha value is -2.41. The highest BCUT2D eigenvalue weighted by Gasteiger charge is 2.13. The molecule has 0 heterocycles. The number of benzene rings is 1. The summed E-state index contributed by atoms with van der Waals surface area (Å²) in [5.74, 6) is -0.730. The molecule has 1 aromatic rings. The van der Waals surface area contributed by atoms with E-state index in [-0.39, 0.29) is 22.8 Å². The molecule has 0 saturated carbocycles. The van der Waals surface area contributed by atoms with E-state index >= 15 is 0 Å². The highest BCUT2D eigenvalue weighted by atomic mass is 32.2. The Kier molecular flexibility index (Phi) is 6.52. The van der Waals surface area contributed by atoms with Gasteiger partial charge < -0.3 is 15.7 Å². The van der Waals surface area contributed by atoms with Gasteiger partial charge in [-0.25, -0.2) is 0 Å². The van der Waals surface area contributed by atoms with Gasteiger partial charge in [0.2, 0.25) is 0 Å². The van der Waals surface area contributed by atoms with Gasteiger partial charge in [0.05, 0.1) is 4.90 Å². The van der Waals surface area contributed by atoms with Crippen molar-refractivity contribution in [3.63, 3.8) is 0 Å². The molecule has 8 nitrogen and oxygen atoms in total. The van der Waals surface area contributed by atoms with Crippen LogP contribution in [0.4, 0.5) is 5.69 Å². The van der Waals surface area contributed by atoms with Crippen LogP contribution in [0.25, 0.3) is 0 Å². The molecule has 0 saturated heterocycles. The maximum atomic E-state index is 11.9. The molecule has 0 aromatic heterocycles. The molecule has 0 aliphatic rings. The van der Waals surface area contributed by atoms with E-state index < -0.39 is 16.0 Å². The average Bonchev–Trinajstić information content (AvgIpc) is 2.46. The minimum absolute atomic E-state index is 0.0165. The maximum absolute atomic E-state index is 11.9. The van der Waals surface area contributed by atoms with Gasteiger partial charge in [0, 0.05) is 25.0 Å². The predicted molar refractivity (Wildman–Crippen MR) is 78.3 cm³/mol. The van der Waals surface area contributed by atoms with Crippen LogP contribution in [0.3, 0.4) is 0 Å². The number of anilines is 1. The average molecular weight is 325 g/mol. The molecule has 1 rings (SSSR count). The third-order valence-electron chi connectivity index (χ3n) is 2.48. The van der Waals surface area contributed by atoms with Crippen molar-refractivity contribution in [3.05, 3.63) is 36.0 Å². The molecule has 118 valence electrons. The normalized spacial score (nSPS) is 11.6. The first-order chi connectivity index (χ1) is 10.4. The number of nitrogens with zero attached hydrogens (tertiary/aromatic N) is 1. The van der Waals surface area contributed by atoms with Crippen LogP contribution in [0, 0.1) is 11.3 Å². The summed E-state index contributed by atoms with van der Waals surface area (Å²) in [5.41, 5.74) is -0.0909. The Balaban J connectivity index is 2.81. The smallest absolute Gasteiger partial charge is 0.294 e. The van der Waals surface area contributed by atoms with Crippen LogP contribution in [-0.4, -0.2) is 37.1 Å². The zero-order valence-corrected chi connectivity index (χ0v) is 12.3. The summed E-state index contributed by atoms with van der Waals surface area (Å²) >= 11 is 0. The molecule has 1 aromatic carbocycles.